The molecule has 0 radical (unpaired) electrons. The average molecular weight is 544 g/mol. The van der Waals surface area contributed by atoms with Crippen LogP contribution in [0, 0.1) is 17.8 Å². The molecule has 7 nitrogen and oxygen atoms in total. The van der Waals surface area contributed by atoms with Gasteiger partial charge in [-0.05, 0) is 96.5 Å². The molecule has 2 N–H and O–H groups in total. The minimum Gasteiger partial charge on any atom is -0.379 e. The molecular formula is C31H33N3O4S. The van der Waals surface area contributed by atoms with Crippen molar-refractivity contribution in [1.82, 2.24) is 4.31 Å². The quantitative estimate of drug-likeness (QED) is 0.459. The molecule has 2 heterocycles. The maximum atomic E-state index is 13.3. The third kappa shape index (κ3) is 4.35. The molecule has 0 unspecified atom stereocenters. The maximum absolute atomic E-state index is 13.3. The highest BCUT2D eigenvalue weighted by atomic mass is 32.2. The van der Waals surface area contributed by atoms with E-state index < -0.39 is 10.0 Å². The number of anilines is 2. The molecule has 4 aliphatic rings. The van der Waals surface area contributed by atoms with E-state index in [1.807, 2.05) is 6.07 Å². The van der Waals surface area contributed by atoms with Crippen LogP contribution in [0.15, 0.2) is 77.7 Å². The third-order valence-electron chi connectivity index (χ3n) is 9.23. The summed E-state index contributed by atoms with van der Waals surface area (Å²) in [6.45, 7) is 1.51. The van der Waals surface area contributed by atoms with Gasteiger partial charge < -0.3 is 15.4 Å². The molecule has 3 fully saturated rings. The molecule has 2 bridgehead atoms. The molecule has 3 aromatic carbocycles. The van der Waals surface area contributed by atoms with E-state index in [9.17, 15) is 13.2 Å². The van der Waals surface area contributed by atoms with Gasteiger partial charge in [0.05, 0.1) is 24.2 Å². The molecule has 1 saturated heterocycles. The fourth-order valence-electron chi connectivity index (χ4n) is 7.47. The lowest BCUT2D eigenvalue weighted by molar-refractivity contribution is 0.0730. The van der Waals surface area contributed by atoms with Crippen molar-refractivity contribution in [3.63, 3.8) is 0 Å². The van der Waals surface area contributed by atoms with E-state index in [0.717, 1.165) is 11.6 Å². The van der Waals surface area contributed by atoms with Gasteiger partial charge in [-0.2, -0.15) is 4.31 Å². The Morgan fingerprint density at radius 1 is 0.923 bits per heavy atom. The SMILES string of the molecule is O=C(Nc1ccc(S(=O)(=O)N2CCOCC2)cc1)c1ccc2c(c1)[C@@H]1[C@H]3CC[C@@H](C3)[C@@H]1[C@@H](c1ccccc1)N2. The number of benzene rings is 3. The minimum atomic E-state index is -3.57. The number of nitrogens with one attached hydrogen (secondary N) is 2. The van der Waals surface area contributed by atoms with Crippen LogP contribution in [-0.4, -0.2) is 44.9 Å². The van der Waals surface area contributed by atoms with Crippen LogP contribution in [0.25, 0.3) is 0 Å². The van der Waals surface area contributed by atoms with Gasteiger partial charge in [-0.3, -0.25) is 4.79 Å². The second-order valence-corrected chi connectivity index (χ2v) is 13.2. The standard InChI is InChI=1S/C31H33N3O4S/c35-31(32-24-9-11-25(12-10-24)39(36,37)34-14-16-38-17-15-34)23-8-13-27-26(19-23)28-21-6-7-22(18-21)29(28)30(33-27)20-4-2-1-3-5-20/h1-5,8-13,19,21-22,28-30,33H,6-7,14-18H2,(H,32,35)/t21-,22-,28-,29-,30+/m0/s1. The smallest absolute Gasteiger partial charge is 0.255 e. The number of carbonyl (C=O) groups is 1. The number of amides is 1. The van der Waals surface area contributed by atoms with E-state index in [4.69, 9.17) is 4.74 Å². The van der Waals surface area contributed by atoms with E-state index >= 15 is 0 Å². The first-order chi connectivity index (χ1) is 19.0. The van der Waals surface area contributed by atoms with Gasteiger partial charge in [0.2, 0.25) is 10.0 Å². The summed E-state index contributed by atoms with van der Waals surface area (Å²) in [5.74, 6) is 2.20. The zero-order valence-corrected chi connectivity index (χ0v) is 22.6. The molecule has 5 atom stereocenters. The van der Waals surface area contributed by atoms with E-state index in [-0.39, 0.29) is 10.8 Å². The van der Waals surface area contributed by atoms with Gasteiger partial charge in [-0.15, -0.1) is 0 Å². The van der Waals surface area contributed by atoms with Gasteiger partial charge in [-0.1, -0.05) is 30.3 Å². The largest absolute Gasteiger partial charge is 0.379 e. The second-order valence-electron chi connectivity index (χ2n) is 11.3. The third-order valence-corrected chi connectivity index (χ3v) is 11.1. The van der Waals surface area contributed by atoms with Crippen LogP contribution in [0.5, 0.6) is 0 Å². The molecule has 0 spiro atoms. The molecule has 39 heavy (non-hydrogen) atoms. The van der Waals surface area contributed by atoms with Crippen molar-refractivity contribution >= 4 is 27.3 Å². The monoisotopic (exact) mass is 543 g/mol. The first-order valence-corrected chi connectivity index (χ1v) is 15.4. The molecule has 2 aliphatic heterocycles. The van der Waals surface area contributed by atoms with Gasteiger partial charge in [0.25, 0.3) is 5.91 Å². The molecular weight excluding hydrogens is 510 g/mol. The van der Waals surface area contributed by atoms with Crippen LogP contribution in [0.1, 0.15) is 52.7 Å². The van der Waals surface area contributed by atoms with Gasteiger partial charge in [-0.25, -0.2) is 8.42 Å². The summed E-state index contributed by atoms with van der Waals surface area (Å²) >= 11 is 0. The summed E-state index contributed by atoms with van der Waals surface area (Å²) < 4.78 is 32.5. The summed E-state index contributed by atoms with van der Waals surface area (Å²) in [5, 5.41) is 6.80. The lowest BCUT2D eigenvalue weighted by atomic mass is 9.68. The van der Waals surface area contributed by atoms with Gasteiger partial charge in [0.15, 0.2) is 0 Å². The highest BCUT2D eigenvalue weighted by molar-refractivity contribution is 7.89. The van der Waals surface area contributed by atoms with Gasteiger partial charge >= 0.3 is 0 Å². The Bertz CT molecular complexity index is 1490. The fourth-order valence-corrected chi connectivity index (χ4v) is 8.88. The molecule has 2 aliphatic carbocycles. The van der Waals surface area contributed by atoms with Crippen molar-refractivity contribution < 1.29 is 17.9 Å². The lowest BCUT2D eigenvalue weighted by Crippen LogP contribution is -2.40. The zero-order chi connectivity index (χ0) is 26.6. The lowest BCUT2D eigenvalue weighted by Gasteiger charge is -2.43. The van der Waals surface area contributed by atoms with Crippen LogP contribution in [0.3, 0.4) is 0 Å². The Morgan fingerprint density at radius 3 is 2.44 bits per heavy atom. The summed E-state index contributed by atoms with van der Waals surface area (Å²) in [7, 11) is -3.57. The van der Waals surface area contributed by atoms with Crippen LogP contribution in [0.2, 0.25) is 0 Å². The van der Waals surface area contributed by atoms with E-state index in [1.54, 1.807) is 24.3 Å². The van der Waals surface area contributed by atoms with E-state index in [2.05, 4.69) is 53.1 Å². The first-order valence-electron chi connectivity index (χ1n) is 13.9. The van der Waals surface area contributed by atoms with Crippen molar-refractivity contribution in [3.8, 4) is 0 Å². The predicted octanol–water partition coefficient (Wildman–Crippen LogP) is 5.26. The summed E-state index contributed by atoms with van der Waals surface area (Å²) in [6, 6.07) is 23.5. The van der Waals surface area contributed by atoms with Crippen molar-refractivity contribution in [2.45, 2.75) is 36.1 Å². The molecule has 3 aromatic rings. The number of hydrogen-bond acceptors (Lipinski definition) is 5. The van der Waals surface area contributed by atoms with Crippen LogP contribution < -0.4 is 10.6 Å². The minimum absolute atomic E-state index is 0.188. The number of carbonyl (C=O) groups excluding carboxylic acids is 1. The van der Waals surface area contributed by atoms with Crippen molar-refractivity contribution in [2.24, 2.45) is 17.8 Å². The number of sulfonamides is 1. The molecule has 1 amide bonds. The Hall–Kier alpha value is -3.20. The summed E-state index contributed by atoms with van der Waals surface area (Å²) in [4.78, 5) is 13.5. The molecule has 202 valence electrons. The Kier molecular flexibility index (Phi) is 6.21. The summed E-state index contributed by atoms with van der Waals surface area (Å²) in [6.07, 6.45) is 3.84. The number of morpholine rings is 1. The topological polar surface area (TPSA) is 87.7 Å². The van der Waals surface area contributed by atoms with Crippen molar-refractivity contribution in [2.75, 3.05) is 36.9 Å². The van der Waals surface area contributed by atoms with E-state index in [0.29, 0.717) is 61.3 Å². The van der Waals surface area contributed by atoms with Crippen LogP contribution >= 0.6 is 0 Å². The van der Waals surface area contributed by atoms with Crippen LogP contribution in [-0.2, 0) is 14.8 Å². The second kappa shape index (κ2) is 9.77. The maximum Gasteiger partial charge on any atom is 0.255 e. The number of fused-ring (bicyclic) bond motifs is 7. The Labute approximate surface area is 229 Å². The highest BCUT2D eigenvalue weighted by Crippen LogP contribution is 2.63. The number of rotatable bonds is 5. The van der Waals surface area contributed by atoms with Crippen molar-refractivity contribution in [1.29, 1.82) is 0 Å². The highest BCUT2D eigenvalue weighted by Gasteiger charge is 2.53. The zero-order valence-electron chi connectivity index (χ0n) is 21.8. The number of ether oxygens (including phenoxy) is 1. The number of nitrogens with zero attached hydrogens (tertiary/aromatic N) is 1. The fraction of sp³-hybridized carbons (Fsp3) is 0.387. The first kappa shape index (κ1) is 24.8. The summed E-state index contributed by atoms with van der Waals surface area (Å²) in [5.41, 5.74) is 4.93. The average Bonchev–Trinajstić information content (AvgIpc) is 3.61. The Balaban J connectivity index is 1.12. The number of hydrogen-bond donors (Lipinski definition) is 2. The Morgan fingerprint density at radius 2 is 1.67 bits per heavy atom. The molecule has 7 rings (SSSR count). The predicted molar refractivity (Wildman–Crippen MR) is 150 cm³/mol. The van der Waals surface area contributed by atoms with Crippen molar-refractivity contribution in [3.05, 3.63) is 89.5 Å². The van der Waals surface area contributed by atoms with E-state index in [1.165, 1.54) is 34.7 Å². The molecule has 8 heteroatoms. The van der Waals surface area contributed by atoms with Gasteiger partial charge in [0, 0.05) is 30.0 Å². The molecule has 2 saturated carbocycles. The van der Waals surface area contributed by atoms with Gasteiger partial charge in [0.1, 0.15) is 0 Å². The molecule has 0 aromatic heterocycles. The normalized spacial score (nSPS) is 27.8. The van der Waals surface area contributed by atoms with Crippen LogP contribution in [0.4, 0.5) is 11.4 Å².